The fourth-order valence-corrected chi connectivity index (χ4v) is 1.72. The number of amides is 1. The first-order valence-electron chi connectivity index (χ1n) is 6.13. The van der Waals surface area contributed by atoms with Gasteiger partial charge in [0.25, 0.3) is 0 Å². The van der Waals surface area contributed by atoms with Crippen LogP contribution in [-0.4, -0.2) is 40.5 Å². The van der Waals surface area contributed by atoms with Crippen LogP contribution in [0.3, 0.4) is 0 Å². The maximum Gasteiger partial charge on any atom is 0.224 e. The van der Waals surface area contributed by atoms with Crippen LogP contribution in [0.1, 0.15) is 25.6 Å². The Morgan fingerprint density at radius 2 is 2.35 bits per heavy atom. The van der Waals surface area contributed by atoms with Crippen LogP contribution in [0.15, 0.2) is 12.4 Å². The molecule has 0 atom stereocenters. The number of hydrogen-bond acceptors (Lipinski definition) is 3. The lowest BCUT2D eigenvalue weighted by Crippen LogP contribution is -2.29. The minimum Gasteiger partial charge on any atom is -0.346 e. The number of carbonyl (C=O) groups is 1. The van der Waals surface area contributed by atoms with Crippen LogP contribution in [0, 0.1) is 0 Å². The van der Waals surface area contributed by atoms with Gasteiger partial charge in [-0.3, -0.25) is 4.79 Å². The van der Waals surface area contributed by atoms with E-state index in [0.717, 1.165) is 25.2 Å². The number of rotatable bonds is 7. The van der Waals surface area contributed by atoms with E-state index in [1.165, 1.54) is 0 Å². The second kappa shape index (κ2) is 7.06. The van der Waals surface area contributed by atoms with Gasteiger partial charge in [0, 0.05) is 45.4 Å². The van der Waals surface area contributed by atoms with Gasteiger partial charge in [-0.2, -0.15) is 0 Å². The highest BCUT2D eigenvalue weighted by Crippen LogP contribution is 2.02. The monoisotopic (exact) mass is 238 g/mol. The molecule has 0 bridgehead atoms. The fraction of sp³-hybridized carbons (Fsp3) is 0.667. The summed E-state index contributed by atoms with van der Waals surface area (Å²) in [4.78, 5) is 17.8. The van der Waals surface area contributed by atoms with Gasteiger partial charge in [0.2, 0.25) is 5.91 Å². The molecule has 0 aliphatic carbocycles. The molecule has 0 saturated heterocycles. The molecule has 17 heavy (non-hydrogen) atoms. The molecule has 0 aliphatic heterocycles. The molecular weight excluding hydrogens is 216 g/mol. The number of carbonyl (C=O) groups excluding carboxylic acids is 1. The average Bonchev–Trinajstić information content (AvgIpc) is 2.80. The molecule has 1 amide bonds. The molecule has 96 valence electrons. The normalized spacial score (nSPS) is 10.5. The molecule has 2 N–H and O–H groups in total. The summed E-state index contributed by atoms with van der Waals surface area (Å²) < 4.78 is 2.04. The summed E-state index contributed by atoms with van der Waals surface area (Å²) in [5.74, 6) is 1.19. The Morgan fingerprint density at radius 1 is 1.59 bits per heavy atom. The third kappa shape index (κ3) is 4.19. The summed E-state index contributed by atoms with van der Waals surface area (Å²) in [6.07, 6.45) is 5.97. The zero-order valence-electron chi connectivity index (χ0n) is 10.7. The summed E-state index contributed by atoms with van der Waals surface area (Å²) in [7, 11) is 1.83. The molecule has 1 rings (SSSR count). The molecule has 0 radical (unpaired) electrons. The molecule has 5 nitrogen and oxygen atoms in total. The smallest absolute Gasteiger partial charge is 0.224 e. The highest BCUT2D eigenvalue weighted by atomic mass is 16.2. The summed E-state index contributed by atoms with van der Waals surface area (Å²) in [5, 5.41) is 0. The highest BCUT2D eigenvalue weighted by molar-refractivity contribution is 5.75. The standard InChI is InChI=1S/C12H22N4O/c1-3-11-14-7-10-16(11)9-5-12(17)15(2)8-4-6-13/h7,10H,3-6,8-9,13H2,1-2H3. The van der Waals surface area contributed by atoms with Crippen LogP contribution >= 0.6 is 0 Å². The van der Waals surface area contributed by atoms with Crippen molar-refractivity contribution in [2.75, 3.05) is 20.1 Å². The molecule has 1 aromatic heterocycles. The van der Waals surface area contributed by atoms with Crippen molar-refractivity contribution < 1.29 is 4.79 Å². The van der Waals surface area contributed by atoms with E-state index in [-0.39, 0.29) is 5.91 Å². The Morgan fingerprint density at radius 3 is 3.00 bits per heavy atom. The third-order valence-corrected chi connectivity index (χ3v) is 2.81. The van der Waals surface area contributed by atoms with Gasteiger partial charge in [-0.05, 0) is 13.0 Å². The van der Waals surface area contributed by atoms with Crippen LogP contribution in [0.2, 0.25) is 0 Å². The molecule has 1 heterocycles. The van der Waals surface area contributed by atoms with Crippen molar-refractivity contribution in [3.05, 3.63) is 18.2 Å². The van der Waals surface area contributed by atoms with Gasteiger partial charge in [0.05, 0.1) is 0 Å². The van der Waals surface area contributed by atoms with E-state index in [1.807, 2.05) is 17.8 Å². The van der Waals surface area contributed by atoms with Crippen molar-refractivity contribution in [2.45, 2.75) is 32.7 Å². The Kier molecular flexibility index (Phi) is 5.69. The lowest BCUT2D eigenvalue weighted by atomic mass is 10.3. The van der Waals surface area contributed by atoms with Crippen molar-refractivity contribution >= 4 is 5.91 Å². The van der Waals surface area contributed by atoms with E-state index in [2.05, 4.69) is 11.9 Å². The van der Waals surface area contributed by atoms with Crippen LogP contribution in [0.4, 0.5) is 0 Å². The summed E-state index contributed by atoms with van der Waals surface area (Å²) >= 11 is 0. The molecule has 0 aliphatic rings. The predicted octanol–water partition coefficient (Wildman–Crippen LogP) is 0.643. The van der Waals surface area contributed by atoms with Gasteiger partial charge in [0.15, 0.2) is 0 Å². The van der Waals surface area contributed by atoms with E-state index in [1.54, 1.807) is 11.1 Å². The SMILES string of the molecule is CCc1nccn1CCC(=O)N(C)CCCN. The maximum atomic E-state index is 11.8. The lowest BCUT2D eigenvalue weighted by molar-refractivity contribution is -0.130. The van der Waals surface area contributed by atoms with Crippen LogP contribution < -0.4 is 5.73 Å². The first-order valence-corrected chi connectivity index (χ1v) is 6.13. The number of nitrogens with two attached hydrogens (primary N) is 1. The molecule has 0 spiro atoms. The second-order valence-electron chi connectivity index (χ2n) is 4.10. The van der Waals surface area contributed by atoms with Crippen molar-refractivity contribution in [1.82, 2.24) is 14.5 Å². The van der Waals surface area contributed by atoms with Crippen molar-refractivity contribution in [3.8, 4) is 0 Å². The molecule has 5 heteroatoms. The number of aromatic nitrogens is 2. The fourth-order valence-electron chi connectivity index (χ4n) is 1.72. The largest absolute Gasteiger partial charge is 0.346 e. The number of imidazole rings is 1. The van der Waals surface area contributed by atoms with E-state index >= 15 is 0 Å². The second-order valence-corrected chi connectivity index (χ2v) is 4.10. The first kappa shape index (κ1) is 13.7. The lowest BCUT2D eigenvalue weighted by Gasteiger charge is -2.17. The molecule has 0 fully saturated rings. The van der Waals surface area contributed by atoms with E-state index in [0.29, 0.717) is 19.5 Å². The number of nitrogens with zero attached hydrogens (tertiary/aromatic N) is 3. The Hall–Kier alpha value is -1.36. The maximum absolute atomic E-state index is 11.8. The Bertz CT molecular complexity index is 348. The third-order valence-electron chi connectivity index (χ3n) is 2.81. The first-order chi connectivity index (χ1) is 8.19. The number of hydrogen-bond donors (Lipinski definition) is 1. The van der Waals surface area contributed by atoms with Gasteiger partial charge in [-0.25, -0.2) is 4.98 Å². The summed E-state index contributed by atoms with van der Waals surface area (Å²) in [5.41, 5.74) is 5.42. The van der Waals surface area contributed by atoms with Crippen LogP contribution in [0.5, 0.6) is 0 Å². The average molecular weight is 238 g/mol. The predicted molar refractivity (Wildman–Crippen MR) is 67.5 cm³/mol. The van der Waals surface area contributed by atoms with Gasteiger partial charge in [-0.15, -0.1) is 0 Å². The van der Waals surface area contributed by atoms with Crippen LogP contribution in [-0.2, 0) is 17.8 Å². The zero-order valence-corrected chi connectivity index (χ0v) is 10.7. The number of aryl methyl sites for hydroxylation is 2. The van der Waals surface area contributed by atoms with Gasteiger partial charge in [-0.1, -0.05) is 6.92 Å². The summed E-state index contributed by atoms with van der Waals surface area (Å²) in [6, 6.07) is 0. The molecule has 1 aromatic rings. The Labute approximate surface area is 103 Å². The minimum absolute atomic E-state index is 0.161. The van der Waals surface area contributed by atoms with Gasteiger partial charge in [0.1, 0.15) is 5.82 Å². The van der Waals surface area contributed by atoms with Gasteiger partial charge < -0.3 is 15.2 Å². The Balaban J connectivity index is 2.37. The molecule has 0 aromatic carbocycles. The summed E-state index contributed by atoms with van der Waals surface area (Å²) in [6.45, 7) is 4.13. The van der Waals surface area contributed by atoms with E-state index in [9.17, 15) is 4.79 Å². The topological polar surface area (TPSA) is 64.2 Å². The molecule has 0 unspecified atom stereocenters. The quantitative estimate of drug-likeness (QED) is 0.758. The van der Waals surface area contributed by atoms with E-state index in [4.69, 9.17) is 5.73 Å². The minimum atomic E-state index is 0.161. The van der Waals surface area contributed by atoms with Crippen molar-refractivity contribution in [3.63, 3.8) is 0 Å². The van der Waals surface area contributed by atoms with E-state index < -0.39 is 0 Å². The van der Waals surface area contributed by atoms with Crippen LogP contribution in [0.25, 0.3) is 0 Å². The molecular formula is C12H22N4O. The molecule has 0 saturated carbocycles. The van der Waals surface area contributed by atoms with Crippen molar-refractivity contribution in [2.24, 2.45) is 5.73 Å². The van der Waals surface area contributed by atoms with Crippen molar-refractivity contribution in [1.29, 1.82) is 0 Å². The highest BCUT2D eigenvalue weighted by Gasteiger charge is 2.09. The van der Waals surface area contributed by atoms with Gasteiger partial charge >= 0.3 is 0 Å². The zero-order chi connectivity index (χ0) is 12.7.